The molecule has 1 aliphatic heterocycles. The zero-order chi connectivity index (χ0) is 22.7. The minimum absolute atomic E-state index is 0.250. The fraction of sp³-hybridized carbons (Fsp3) is 0.583. The van der Waals surface area contributed by atoms with E-state index in [1.54, 1.807) is 0 Å². The van der Waals surface area contributed by atoms with Crippen LogP contribution in [-0.4, -0.2) is 33.6 Å². The lowest BCUT2D eigenvalue weighted by Gasteiger charge is -2.26. The number of piperidine rings is 1. The van der Waals surface area contributed by atoms with Gasteiger partial charge in [-0.1, -0.05) is 37.8 Å². The summed E-state index contributed by atoms with van der Waals surface area (Å²) >= 11 is 0. The largest absolute Gasteiger partial charge is 0.416 e. The lowest BCUT2D eigenvalue weighted by molar-refractivity contribution is -0.137. The molecule has 0 bridgehead atoms. The van der Waals surface area contributed by atoms with E-state index in [-0.39, 0.29) is 5.91 Å². The molecule has 1 aromatic heterocycles. The maximum atomic E-state index is 13.0. The van der Waals surface area contributed by atoms with Crippen molar-refractivity contribution < 1.29 is 18.0 Å². The van der Waals surface area contributed by atoms with Crippen LogP contribution >= 0.6 is 0 Å². The highest BCUT2D eigenvalue weighted by molar-refractivity contribution is 5.93. The maximum Gasteiger partial charge on any atom is 0.416 e. The smallest absolute Gasteiger partial charge is 0.327 e. The third-order valence-electron chi connectivity index (χ3n) is 6.69. The number of imidazole rings is 1. The van der Waals surface area contributed by atoms with Crippen LogP contribution in [0.4, 0.5) is 13.2 Å². The number of hydrogen-bond donors (Lipinski definition) is 1. The van der Waals surface area contributed by atoms with Crippen molar-refractivity contribution in [3.05, 3.63) is 41.2 Å². The first-order chi connectivity index (χ1) is 15.3. The van der Waals surface area contributed by atoms with Crippen molar-refractivity contribution in [2.24, 2.45) is 5.92 Å². The molecule has 1 aromatic carbocycles. The Balaban J connectivity index is 1.65. The summed E-state index contributed by atoms with van der Waals surface area (Å²) in [5.41, 5.74) is 3.99. The number of benzene rings is 1. The van der Waals surface area contributed by atoms with Crippen LogP contribution in [-0.2, 0) is 12.7 Å². The second kappa shape index (κ2) is 9.65. The molecule has 0 unspecified atom stereocenters. The number of hydrogen-bond acceptors (Lipinski definition) is 3. The molecule has 1 aliphatic carbocycles. The van der Waals surface area contributed by atoms with Crippen molar-refractivity contribution in [1.82, 2.24) is 20.0 Å². The Kier molecular flexibility index (Phi) is 6.88. The van der Waals surface area contributed by atoms with Gasteiger partial charge in [-0.2, -0.15) is 13.2 Å². The highest BCUT2D eigenvalue weighted by Gasteiger charge is 2.31. The molecular formula is C24H31F3N4O. The third-order valence-corrected chi connectivity index (χ3v) is 6.69. The molecule has 32 heavy (non-hydrogen) atoms. The first-order valence-electron chi connectivity index (χ1n) is 11.6. The Morgan fingerprint density at radius 3 is 2.28 bits per heavy atom. The first-order valence-corrected chi connectivity index (χ1v) is 11.6. The van der Waals surface area contributed by atoms with Crippen molar-refractivity contribution >= 4 is 5.91 Å². The molecule has 0 spiro atoms. The summed E-state index contributed by atoms with van der Waals surface area (Å²) in [5.74, 6) is 0.799. The summed E-state index contributed by atoms with van der Waals surface area (Å²) < 4.78 is 41.1. The molecule has 2 fully saturated rings. The van der Waals surface area contributed by atoms with E-state index in [0.29, 0.717) is 23.0 Å². The molecule has 2 aliphatic rings. The summed E-state index contributed by atoms with van der Waals surface area (Å²) in [6.07, 6.45) is 4.75. The molecule has 0 atom stereocenters. The van der Waals surface area contributed by atoms with Gasteiger partial charge in [0.25, 0.3) is 5.91 Å². The normalized spacial score (nSPS) is 18.6. The van der Waals surface area contributed by atoms with Crippen LogP contribution in [0.1, 0.15) is 73.1 Å². The van der Waals surface area contributed by atoms with Crippen molar-refractivity contribution in [1.29, 1.82) is 0 Å². The van der Waals surface area contributed by atoms with Crippen LogP contribution in [0.25, 0.3) is 11.4 Å². The monoisotopic (exact) mass is 448 g/mol. The first kappa shape index (κ1) is 22.8. The van der Waals surface area contributed by atoms with Gasteiger partial charge in [0, 0.05) is 30.9 Å². The van der Waals surface area contributed by atoms with E-state index in [1.807, 2.05) is 16.5 Å². The summed E-state index contributed by atoms with van der Waals surface area (Å²) in [7, 11) is 0. The molecular weight excluding hydrogens is 417 g/mol. The number of carbonyl (C=O) groups is 1. The molecule has 1 saturated carbocycles. The van der Waals surface area contributed by atoms with Gasteiger partial charge in [0.2, 0.25) is 0 Å². The van der Waals surface area contributed by atoms with Crippen LogP contribution in [0.15, 0.2) is 24.3 Å². The number of hydrazine groups is 1. The fourth-order valence-electron chi connectivity index (χ4n) is 4.83. The lowest BCUT2D eigenvalue weighted by atomic mass is 9.89. The number of aromatic nitrogens is 2. The fourth-order valence-corrected chi connectivity index (χ4v) is 4.83. The number of carbonyl (C=O) groups excluding carboxylic acids is 1. The zero-order valence-electron chi connectivity index (χ0n) is 18.5. The van der Waals surface area contributed by atoms with E-state index >= 15 is 0 Å². The molecule has 2 heterocycles. The van der Waals surface area contributed by atoms with Gasteiger partial charge in [0.1, 0.15) is 5.82 Å². The maximum absolute atomic E-state index is 13.0. The molecule has 4 rings (SSSR count). The van der Waals surface area contributed by atoms with E-state index in [1.165, 1.54) is 37.8 Å². The molecule has 1 amide bonds. The van der Waals surface area contributed by atoms with Crippen molar-refractivity contribution in [2.45, 2.75) is 71.0 Å². The average molecular weight is 449 g/mol. The topological polar surface area (TPSA) is 50.2 Å². The second-order valence-electron chi connectivity index (χ2n) is 9.05. The molecule has 1 N–H and O–H groups in total. The minimum Gasteiger partial charge on any atom is -0.327 e. The number of halogens is 3. The van der Waals surface area contributed by atoms with Crippen molar-refractivity contribution in [2.75, 3.05) is 13.1 Å². The Morgan fingerprint density at radius 1 is 1.03 bits per heavy atom. The predicted octanol–water partition coefficient (Wildman–Crippen LogP) is 5.59. The van der Waals surface area contributed by atoms with Gasteiger partial charge >= 0.3 is 6.18 Å². The standard InChI is InChI=1S/C24H31F3N4O/c1-17-21(23(32)29-30-14-6-3-7-15-30)28-22(31(17)16-18-8-4-2-5-9-18)19-10-12-20(13-11-19)24(25,26)27/h10-13,18H,2-9,14-16H2,1H3,(H,29,32). The van der Waals surface area contributed by atoms with Crippen LogP contribution in [0, 0.1) is 12.8 Å². The molecule has 5 nitrogen and oxygen atoms in total. The highest BCUT2D eigenvalue weighted by Crippen LogP contribution is 2.33. The number of rotatable bonds is 5. The SMILES string of the molecule is Cc1c(C(=O)NN2CCCCC2)nc(-c2ccc(C(F)(F)F)cc2)n1CC1CCCCC1. The van der Waals surface area contributed by atoms with Gasteiger partial charge in [-0.3, -0.25) is 10.2 Å². The Bertz CT molecular complexity index is 924. The molecule has 0 radical (unpaired) electrons. The number of nitrogens with zero attached hydrogens (tertiary/aromatic N) is 3. The molecule has 174 valence electrons. The van der Waals surface area contributed by atoms with Gasteiger partial charge in [0.05, 0.1) is 5.56 Å². The van der Waals surface area contributed by atoms with Gasteiger partial charge < -0.3 is 4.57 Å². The highest BCUT2D eigenvalue weighted by atomic mass is 19.4. The van der Waals surface area contributed by atoms with Crippen molar-refractivity contribution in [3.63, 3.8) is 0 Å². The Hall–Kier alpha value is -2.35. The van der Waals surface area contributed by atoms with Crippen LogP contribution < -0.4 is 5.43 Å². The Morgan fingerprint density at radius 2 is 1.66 bits per heavy atom. The second-order valence-corrected chi connectivity index (χ2v) is 9.05. The van der Waals surface area contributed by atoms with Crippen LogP contribution in [0.3, 0.4) is 0 Å². The summed E-state index contributed by atoms with van der Waals surface area (Å²) in [4.78, 5) is 17.7. The minimum atomic E-state index is -4.38. The number of amides is 1. The number of nitrogens with one attached hydrogen (secondary N) is 1. The Labute approximate surface area is 187 Å². The average Bonchev–Trinajstić information content (AvgIpc) is 3.11. The third kappa shape index (κ3) is 5.17. The number of alkyl halides is 3. The van der Waals surface area contributed by atoms with Gasteiger partial charge in [-0.05, 0) is 50.7 Å². The summed E-state index contributed by atoms with van der Waals surface area (Å²) in [6.45, 7) is 4.25. The van der Waals surface area contributed by atoms with E-state index < -0.39 is 11.7 Å². The molecule has 8 heteroatoms. The zero-order valence-corrected chi connectivity index (χ0v) is 18.5. The summed E-state index contributed by atoms with van der Waals surface area (Å²) in [5, 5.41) is 1.93. The summed E-state index contributed by atoms with van der Waals surface area (Å²) in [6, 6.07) is 5.07. The van der Waals surface area contributed by atoms with Gasteiger partial charge in [-0.15, -0.1) is 0 Å². The molecule has 2 aromatic rings. The quantitative estimate of drug-likeness (QED) is 0.649. The predicted molar refractivity (Wildman–Crippen MR) is 117 cm³/mol. The van der Waals surface area contributed by atoms with Gasteiger partial charge in [0.15, 0.2) is 5.69 Å². The van der Waals surface area contributed by atoms with E-state index in [4.69, 9.17) is 0 Å². The van der Waals surface area contributed by atoms with E-state index in [0.717, 1.165) is 63.1 Å². The van der Waals surface area contributed by atoms with Crippen molar-refractivity contribution in [3.8, 4) is 11.4 Å². The van der Waals surface area contributed by atoms with Crippen LogP contribution in [0.2, 0.25) is 0 Å². The molecule has 1 saturated heterocycles. The van der Waals surface area contributed by atoms with E-state index in [2.05, 4.69) is 10.4 Å². The van der Waals surface area contributed by atoms with Crippen LogP contribution in [0.5, 0.6) is 0 Å². The van der Waals surface area contributed by atoms with E-state index in [9.17, 15) is 18.0 Å². The van der Waals surface area contributed by atoms with Gasteiger partial charge in [-0.25, -0.2) is 9.99 Å². The lowest BCUT2D eigenvalue weighted by Crippen LogP contribution is -2.45.